The second-order valence-electron chi connectivity index (χ2n) is 6.66. The lowest BCUT2D eigenvalue weighted by Crippen LogP contribution is -2.24. The highest BCUT2D eigenvalue weighted by atomic mass is 35.5. The van der Waals surface area contributed by atoms with E-state index in [9.17, 15) is 4.79 Å². The smallest absolute Gasteiger partial charge is 0.327 e. The SMILES string of the molecule is CCOC(=O)C(N)c1cccc(OCc2ccccc2Cl)c1OCc1ccccc1Cl. The van der Waals surface area contributed by atoms with E-state index >= 15 is 0 Å². The van der Waals surface area contributed by atoms with Gasteiger partial charge in [0.15, 0.2) is 11.5 Å². The zero-order chi connectivity index (χ0) is 22.2. The highest BCUT2D eigenvalue weighted by molar-refractivity contribution is 6.31. The van der Waals surface area contributed by atoms with Crippen molar-refractivity contribution in [1.29, 1.82) is 0 Å². The zero-order valence-corrected chi connectivity index (χ0v) is 18.5. The summed E-state index contributed by atoms with van der Waals surface area (Å²) < 4.78 is 17.2. The molecule has 0 amide bonds. The summed E-state index contributed by atoms with van der Waals surface area (Å²) >= 11 is 12.5. The first-order valence-electron chi connectivity index (χ1n) is 9.78. The number of hydrogen-bond acceptors (Lipinski definition) is 5. The molecule has 1 atom stereocenters. The largest absolute Gasteiger partial charge is 0.485 e. The molecule has 0 aliphatic carbocycles. The average Bonchev–Trinajstić information content (AvgIpc) is 2.78. The van der Waals surface area contributed by atoms with Crippen molar-refractivity contribution < 1.29 is 19.0 Å². The number of halogens is 2. The minimum atomic E-state index is -1.02. The summed E-state index contributed by atoms with van der Waals surface area (Å²) in [6.07, 6.45) is 0. The second kappa shape index (κ2) is 11.0. The molecular weight excluding hydrogens is 437 g/mol. The van der Waals surface area contributed by atoms with Gasteiger partial charge < -0.3 is 19.9 Å². The van der Waals surface area contributed by atoms with Gasteiger partial charge in [-0.1, -0.05) is 71.7 Å². The van der Waals surface area contributed by atoms with E-state index in [4.69, 9.17) is 43.1 Å². The van der Waals surface area contributed by atoms with Gasteiger partial charge in [0.2, 0.25) is 0 Å². The lowest BCUT2D eigenvalue weighted by atomic mass is 10.1. The van der Waals surface area contributed by atoms with Crippen molar-refractivity contribution in [3.05, 3.63) is 93.5 Å². The first-order valence-corrected chi connectivity index (χ1v) is 10.5. The summed E-state index contributed by atoms with van der Waals surface area (Å²) in [5.74, 6) is 0.243. The Morgan fingerprint density at radius 3 is 2.03 bits per heavy atom. The maximum absolute atomic E-state index is 12.3. The molecule has 0 bridgehead atoms. The number of ether oxygens (including phenoxy) is 3. The predicted octanol–water partition coefficient (Wildman–Crippen LogP) is 5.71. The minimum absolute atomic E-state index is 0.175. The van der Waals surface area contributed by atoms with Crippen LogP contribution in [0.3, 0.4) is 0 Å². The highest BCUT2D eigenvalue weighted by Crippen LogP contribution is 2.36. The van der Waals surface area contributed by atoms with Crippen LogP contribution >= 0.6 is 23.2 Å². The summed E-state index contributed by atoms with van der Waals surface area (Å²) in [4.78, 5) is 12.3. The molecule has 0 radical (unpaired) electrons. The lowest BCUT2D eigenvalue weighted by molar-refractivity contribution is -0.144. The molecule has 0 spiro atoms. The molecule has 5 nitrogen and oxygen atoms in total. The van der Waals surface area contributed by atoms with Crippen LogP contribution in [0.1, 0.15) is 29.7 Å². The van der Waals surface area contributed by atoms with Crippen molar-refractivity contribution in [2.75, 3.05) is 6.61 Å². The highest BCUT2D eigenvalue weighted by Gasteiger charge is 2.24. The van der Waals surface area contributed by atoms with Crippen molar-refractivity contribution in [3.63, 3.8) is 0 Å². The van der Waals surface area contributed by atoms with Crippen molar-refractivity contribution >= 4 is 29.2 Å². The van der Waals surface area contributed by atoms with E-state index in [1.165, 1.54) is 0 Å². The Bertz CT molecular complexity index is 1040. The third-order valence-electron chi connectivity index (χ3n) is 4.56. The molecule has 0 aromatic heterocycles. The number of hydrogen-bond donors (Lipinski definition) is 1. The molecule has 31 heavy (non-hydrogen) atoms. The van der Waals surface area contributed by atoms with E-state index in [1.54, 1.807) is 37.3 Å². The molecule has 0 saturated heterocycles. The van der Waals surface area contributed by atoms with E-state index in [2.05, 4.69) is 0 Å². The van der Waals surface area contributed by atoms with Crippen molar-refractivity contribution in [1.82, 2.24) is 0 Å². The summed E-state index contributed by atoms with van der Waals surface area (Å²) in [6.45, 7) is 2.35. The predicted molar refractivity (Wildman–Crippen MR) is 122 cm³/mol. The number of esters is 1. The fourth-order valence-corrected chi connectivity index (χ4v) is 3.32. The van der Waals surface area contributed by atoms with E-state index < -0.39 is 12.0 Å². The average molecular weight is 460 g/mol. The van der Waals surface area contributed by atoms with Crippen molar-refractivity contribution in [2.24, 2.45) is 5.73 Å². The fraction of sp³-hybridized carbons (Fsp3) is 0.208. The van der Waals surface area contributed by atoms with Crippen LogP contribution in [-0.4, -0.2) is 12.6 Å². The quantitative estimate of drug-likeness (QED) is 0.414. The van der Waals surface area contributed by atoms with Gasteiger partial charge in [0.1, 0.15) is 19.3 Å². The van der Waals surface area contributed by atoms with E-state index in [-0.39, 0.29) is 19.8 Å². The van der Waals surface area contributed by atoms with Crippen molar-refractivity contribution in [3.8, 4) is 11.5 Å². The normalized spacial score (nSPS) is 11.6. The number of rotatable bonds is 9. The molecule has 2 N–H and O–H groups in total. The van der Waals surface area contributed by atoms with E-state index in [0.29, 0.717) is 27.1 Å². The molecule has 0 heterocycles. The van der Waals surface area contributed by atoms with Crippen LogP contribution in [-0.2, 0) is 22.7 Å². The van der Waals surface area contributed by atoms with Crippen LogP contribution in [0.25, 0.3) is 0 Å². The van der Waals surface area contributed by atoms with Gasteiger partial charge in [-0.25, -0.2) is 4.79 Å². The molecule has 162 valence electrons. The van der Waals surface area contributed by atoms with Gasteiger partial charge in [-0.2, -0.15) is 0 Å². The van der Waals surface area contributed by atoms with Crippen LogP contribution in [0.5, 0.6) is 11.5 Å². The van der Waals surface area contributed by atoms with Crippen molar-refractivity contribution in [2.45, 2.75) is 26.2 Å². The molecule has 0 fully saturated rings. The first kappa shape index (κ1) is 22.9. The molecule has 0 aliphatic heterocycles. The van der Waals surface area contributed by atoms with Gasteiger partial charge >= 0.3 is 5.97 Å². The maximum atomic E-state index is 12.3. The summed E-state index contributed by atoms with van der Waals surface area (Å²) in [7, 11) is 0. The van der Waals surface area contributed by atoms with E-state index in [0.717, 1.165) is 11.1 Å². The van der Waals surface area contributed by atoms with Gasteiger partial charge in [-0.15, -0.1) is 0 Å². The summed E-state index contributed by atoms with van der Waals surface area (Å²) in [5, 5.41) is 1.17. The molecule has 7 heteroatoms. The molecule has 3 aromatic carbocycles. The van der Waals surface area contributed by atoms with Gasteiger partial charge in [-0.3, -0.25) is 0 Å². The molecule has 1 unspecified atom stereocenters. The topological polar surface area (TPSA) is 70.8 Å². The standard InChI is InChI=1S/C24H23Cl2NO4/c1-2-29-24(28)22(27)18-10-7-13-21(30-14-16-8-3-5-11-19(16)25)23(18)31-15-17-9-4-6-12-20(17)26/h3-13,22H,2,14-15,27H2,1H3. The number of para-hydroxylation sites is 1. The Balaban J connectivity index is 1.91. The maximum Gasteiger partial charge on any atom is 0.327 e. The van der Waals surface area contributed by atoms with E-state index in [1.807, 2.05) is 36.4 Å². The Kier molecular flexibility index (Phi) is 8.18. The Morgan fingerprint density at radius 1 is 0.871 bits per heavy atom. The summed E-state index contributed by atoms with van der Waals surface area (Å²) in [5.41, 5.74) is 8.24. The molecule has 0 aliphatic rings. The third kappa shape index (κ3) is 5.91. The van der Waals surface area contributed by atoms with Gasteiger partial charge in [0, 0.05) is 26.7 Å². The molecule has 0 saturated carbocycles. The van der Waals surface area contributed by atoms with Crippen LogP contribution in [0.2, 0.25) is 10.0 Å². The lowest BCUT2D eigenvalue weighted by Gasteiger charge is -2.20. The van der Waals surface area contributed by atoms with Gasteiger partial charge in [0.25, 0.3) is 0 Å². The number of carbonyl (C=O) groups is 1. The number of nitrogens with two attached hydrogens (primary N) is 1. The number of benzene rings is 3. The zero-order valence-electron chi connectivity index (χ0n) is 17.0. The summed E-state index contributed by atoms with van der Waals surface area (Å²) in [6, 6.07) is 18.9. The second-order valence-corrected chi connectivity index (χ2v) is 7.48. The Morgan fingerprint density at radius 2 is 1.45 bits per heavy atom. The third-order valence-corrected chi connectivity index (χ3v) is 5.29. The Hall–Kier alpha value is -2.73. The number of carbonyl (C=O) groups excluding carboxylic acids is 1. The molecule has 3 aromatic rings. The van der Waals surface area contributed by atoms with Crippen LogP contribution in [0, 0.1) is 0 Å². The van der Waals surface area contributed by atoms with Gasteiger partial charge in [-0.05, 0) is 25.1 Å². The van der Waals surface area contributed by atoms with Crippen LogP contribution in [0.15, 0.2) is 66.7 Å². The molecular formula is C24H23Cl2NO4. The first-order chi connectivity index (χ1) is 15.0. The van der Waals surface area contributed by atoms with Crippen LogP contribution < -0.4 is 15.2 Å². The minimum Gasteiger partial charge on any atom is -0.485 e. The fourth-order valence-electron chi connectivity index (χ4n) is 2.94. The Labute approximate surface area is 191 Å². The molecule has 3 rings (SSSR count). The van der Waals surface area contributed by atoms with Crippen LogP contribution in [0.4, 0.5) is 0 Å². The monoisotopic (exact) mass is 459 g/mol. The van der Waals surface area contributed by atoms with Gasteiger partial charge in [0.05, 0.1) is 6.61 Å².